The predicted octanol–water partition coefficient (Wildman–Crippen LogP) is 0.966. The fourth-order valence-corrected chi connectivity index (χ4v) is 2.29. The molecular formula is C13H18N2O2. The number of hydrogen-bond acceptors (Lipinski definition) is 4. The molecule has 0 bridgehead atoms. The van der Waals surface area contributed by atoms with E-state index in [0.29, 0.717) is 0 Å². The molecule has 1 aromatic carbocycles. The molecule has 92 valence electrons. The lowest BCUT2D eigenvalue weighted by atomic mass is 10.1. The van der Waals surface area contributed by atoms with Gasteiger partial charge in [0.1, 0.15) is 0 Å². The Hall–Kier alpha value is -1.39. The van der Waals surface area contributed by atoms with Gasteiger partial charge >= 0.3 is 5.97 Å². The third-order valence-electron chi connectivity index (χ3n) is 3.29. The fraction of sp³-hybridized carbons (Fsp3) is 0.462. The number of nitrogens with two attached hydrogens (primary N) is 1. The van der Waals surface area contributed by atoms with E-state index in [0.717, 1.165) is 19.5 Å². The maximum absolute atomic E-state index is 11.5. The predicted molar refractivity (Wildman–Crippen MR) is 65.0 cm³/mol. The zero-order chi connectivity index (χ0) is 12.3. The van der Waals surface area contributed by atoms with Crippen LogP contribution in [-0.2, 0) is 16.1 Å². The molecule has 0 saturated carbocycles. The molecule has 2 rings (SSSR count). The van der Waals surface area contributed by atoms with Crippen LogP contribution in [0.4, 0.5) is 0 Å². The van der Waals surface area contributed by atoms with Crippen LogP contribution in [0.25, 0.3) is 0 Å². The maximum atomic E-state index is 11.5. The van der Waals surface area contributed by atoms with E-state index in [4.69, 9.17) is 10.5 Å². The third-order valence-corrected chi connectivity index (χ3v) is 3.29. The first-order valence-corrected chi connectivity index (χ1v) is 5.83. The van der Waals surface area contributed by atoms with E-state index in [2.05, 4.69) is 17.0 Å². The van der Waals surface area contributed by atoms with Crippen molar-refractivity contribution in [1.82, 2.24) is 4.90 Å². The summed E-state index contributed by atoms with van der Waals surface area (Å²) in [5, 5.41) is 0. The molecule has 1 aliphatic rings. The van der Waals surface area contributed by atoms with Crippen molar-refractivity contribution in [2.75, 3.05) is 13.7 Å². The minimum absolute atomic E-state index is 0.191. The van der Waals surface area contributed by atoms with E-state index in [1.165, 1.54) is 12.7 Å². The summed E-state index contributed by atoms with van der Waals surface area (Å²) in [7, 11) is 1.41. The quantitative estimate of drug-likeness (QED) is 0.792. The second kappa shape index (κ2) is 5.29. The Balaban J connectivity index is 1.98. The van der Waals surface area contributed by atoms with Gasteiger partial charge in [0.05, 0.1) is 19.2 Å². The second-order valence-corrected chi connectivity index (χ2v) is 4.36. The molecule has 4 heteroatoms. The number of hydrogen-bond donors (Lipinski definition) is 1. The minimum Gasteiger partial charge on any atom is -0.469 e. The van der Waals surface area contributed by atoms with Gasteiger partial charge in [0.15, 0.2) is 0 Å². The Labute approximate surface area is 101 Å². The molecule has 1 aliphatic heterocycles. The number of carbonyl (C=O) groups is 1. The third kappa shape index (κ3) is 2.65. The number of carbonyl (C=O) groups excluding carboxylic acids is 1. The van der Waals surface area contributed by atoms with Crippen LogP contribution in [0.1, 0.15) is 12.0 Å². The van der Waals surface area contributed by atoms with Crippen molar-refractivity contribution in [3.8, 4) is 0 Å². The van der Waals surface area contributed by atoms with Crippen LogP contribution >= 0.6 is 0 Å². The first-order chi connectivity index (χ1) is 8.22. The average molecular weight is 234 g/mol. The van der Waals surface area contributed by atoms with Gasteiger partial charge in [-0.2, -0.15) is 0 Å². The van der Waals surface area contributed by atoms with Crippen LogP contribution in [0.2, 0.25) is 0 Å². The lowest BCUT2D eigenvalue weighted by molar-refractivity contribution is -0.146. The van der Waals surface area contributed by atoms with Crippen molar-refractivity contribution in [1.29, 1.82) is 0 Å². The molecule has 1 heterocycles. The van der Waals surface area contributed by atoms with Crippen LogP contribution < -0.4 is 5.73 Å². The summed E-state index contributed by atoms with van der Waals surface area (Å²) in [6, 6.07) is 10.1. The highest BCUT2D eigenvalue weighted by molar-refractivity contribution is 5.73. The van der Waals surface area contributed by atoms with Gasteiger partial charge in [-0.1, -0.05) is 30.3 Å². The van der Waals surface area contributed by atoms with Crippen molar-refractivity contribution in [2.24, 2.45) is 11.7 Å². The molecule has 0 spiro atoms. The topological polar surface area (TPSA) is 55.6 Å². The minimum atomic E-state index is -0.234. The first-order valence-electron chi connectivity index (χ1n) is 5.83. The molecule has 0 aromatic heterocycles. The summed E-state index contributed by atoms with van der Waals surface area (Å²) < 4.78 is 4.76. The molecule has 1 aromatic rings. The summed E-state index contributed by atoms with van der Waals surface area (Å²) in [4.78, 5) is 13.6. The molecule has 2 N–H and O–H groups in total. The van der Waals surface area contributed by atoms with Gasteiger partial charge in [-0.3, -0.25) is 9.69 Å². The molecule has 4 nitrogen and oxygen atoms in total. The Morgan fingerprint density at radius 1 is 1.47 bits per heavy atom. The SMILES string of the molecule is COC(=O)C1CCN(Cc2ccccc2)C1N. The fourth-order valence-electron chi connectivity index (χ4n) is 2.29. The Morgan fingerprint density at radius 2 is 2.18 bits per heavy atom. The van der Waals surface area contributed by atoms with Crippen LogP contribution in [-0.4, -0.2) is 30.7 Å². The summed E-state index contributed by atoms with van der Waals surface area (Å²) >= 11 is 0. The van der Waals surface area contributed by atoms with E-state index in [1.807, 2.05) is 18.2 Å². The van der Waals surface area contributed by atoms with Crippen molar-refractivity contribution in [3.63, 3.8) is 0 Å². The van der Waals surface area contributed by atoms with Crippen molar-refractivity contribution < 1.29 is 9.53 Å². The number of nitrogens with zero attached hydrogens (tertiary/aromatic N) is 1. The number of ether oxygens (including phenoxy) is 1. The zero-order valence-electron chi connectivity index (χ0n) is 10.0. The molecule has 1 fully saturated rings. The van der Waals surface area contributed by atoms with Gasteiger partial charge in [0, 0.05) is 13.1 Å². The first kappa shape index (κ1) is 12.1. The van der Waals surface area contributed by atoms with Crippen LogP contribution in [0.5, 0.6) is 0 Å². The molecular weight excluding hydrogens is 216 g/mol. The van der Waals surface area contributed by atoms with Gasteiger partial charge in [-0.25, -0.2) is 0 Å². The van der Waals surface area contributed by atoms with Crippen molar-refractivity contribution in [3.05, 3.63) is 35.9 Å². The van der Waals surface area contributed by atoms with Gasteiger partial charge in [-0.05, 0) is 12.0 Å². The van der Waals surface area contributed by atoms with Crippen LogP contribution in [0.15, 0.2) is 30.3 Å². The van der Waals surface area contributed by atoms with E-state index in [9.17, 15) is 4.79 Å². The summed E-state index contributed by atoms with van der Waals surface area (Å²) in [6.45, 7) is 1.63. The number of methoxy groups -OCH3 is 1. The molecule has 0 radical (unpaired) electrons. The van der Waals surface area contributed by atoms with E-state index in [-0.39, 0.29) is 18.1 Å². The van der Waals surface area contributed by atoms with E-state index < -0.39 is 0 Å². The number of esters is 1. The number of rotatable bonds is 3. The molecule has 2 unspecified atom stereocenters. The van der Waals surface area contributed by atoms with Crippen molar-refractivity contribution >= 4 is 5.97 Å². The largest absolute Gasteiger partial charge is 0.469 e. The van der Waals surface area contributed by atoms with Gasteiger partial charge < -0.3 is 10.5 Å². The monoisotopic (exact) mass is 234 g/mol. The Bertz CT molecular complexity index is 380. The van der Waals surface area contributed by atoms with Crippen LogP contribution in [0.3, 0.4) is 0 Å². The van der Waals surface area contributed by atoms with E-state index >= 15 is 0 Å². The highest BCUT2D eigenvalue weighted by atomic mass is 16.5. The van der Waals surface area contributed by atoms with Gasteiger partial charge in [0.2, 0.25) is 0 Å². The molecule has 2 atom stereocenters. The van der Waals surface area contributed by atoms with Gasteiger partial charge in [0.25, 0.3) is 0 Å². The highest BCUT2D eigenvalue weighted by Gasteiger charge is 2.36. The molecule has 0 amide bonds. The molecule has 17 heavy (non-hydrogen) atoms. The smallest absolute Gasteiger partial charge is 0.311 e. The second-order valence-electron chi connectivity index (χ2n) is 4.36. The van der Waals surface area contributed by atoms with Crippen LogP contribution in [0, 0.1) is 5.92 Å². The summed E-state index contributed by atoms with van der Waals surface area (Å²) in [5.41, 5.74) is 7.29. The average Bonchev–Trinajstić information content (AvgIpc) is 2.72. The summed E-state index contributed by atoms with van der Waals surface area (Å²) in [5.74, 6) is -0.392. The highest BCUT2D eigenvalue weighted by Crippen LogP contribution is 2.23. The lowest BCUT2D eigenvalue weighted by Gasteiger charge is -2.23. The number of benzene rings is 1. The number of likely N-dealkylation sites (tertiary alicyclic amines) is 1. The van der Waals surface area contributed by atoms with Crippen molar-refractivity contribution in [2.45, 2.75) is 19.1 Å². The lowest BCUT2D eigenvalue weighted by Crippen LogP contribution is -2.42. The summed E-state index contributed by atoms with van der Waals surface area (Å²) in [6.07, 6.45) is 0.545. The zero-order valence-corrected chi connectivity index (χ0v) is 10.0. The van der Waals surface area contributed by atoms with Gasteiger partial charge in [-0.15, -0.1) is 0 Å². The standard InChI is InChI=1S/C13H18N2O2/c1-17-13(16)11-7-8-15(12(11)14)9-10-5-3-2-4-6-10/h2-6,11-12H,7-9,14H2,1H3. The Kier molecular flexibility index (Phi) is 3.76. The molecule has 1 saturated heterocycles. The normalized spacial score (nSPS) is 24.8. The maximum Gasteiger partial charge on any atom is 0.311 e. The Morgan fingerprint density at radius 3 is 2.82 bits per heavy atom. The van der Waals surface area contributed by atoms with E-state index in [1.54, 1.807) is 0 Å². The molecule has 0 aliphatic carbocycles.